The molecule has 0 aliphatic rings. The molecule has 0 spiro atoms. The summed E-state index contributed by atoms with van der Waals surface area (Å²) in [6.45, 7) is 1.66. The van der Waals surface area contributed by atoms with Crippen molar-refractivity contribution < 1.29 is 17.9 Å². The van der Waals surface area contributed by atoms with Crippen LogP contribution in [0.5, 0.6) is 5.75 Å². The Morgan fingerprint density at radius 1 is 1.50 bits per heavy atom. The number of alkyl halides is 4. The maximum absolute atomic E-state index is 11.9. The molecule has 0 unspecified atom stereocenters. The fraction of sp³-hybridized carbons (Fsp3) is 0.375. The first-order valence-corrected chi connectivity index (χ1v) is 4.23. The van der Waals surface area contributed by atoms with Gasteiger partial charge in [-0.2, -0.15) is 0 Å². The Balaban J connectivity index is 2.97. The van der Waals surface area contributed by atoms with Crippen molar-refractivity contribution in [2.75, 3.05) is 0 Å². The third-order valence-corrected chi connectivity index (χ3v) is 1.74. The molecular formula is C8H7ClF3NO. The van der Waals surface area contributed by atoms with Crippen molar-refractivity contribution in [2.45, 2.75) is 19.2 Å². The van der Waals surface area contributed by atoms with E-state index in [1.165, 1.54) is 6.07 Å². The maximum atomic E-state index is 11.9. The summed E-state index contributed by atoms with van der Waals surface area (Å²) in [4.78, 5) is 3.69. The summed E-state index contributed by atoms with van der Waals surface area (Å²) in [5.74, 6) is -0.396. The fourth-order valence-electron chi connectivity index (χ4n) is 0.925. The van der Waals surface area contributed by atoms with E-state index >= 15 is 0 Å². The van der Waals surface area contributed by atoms with E-state index in [1.54, 1.807) is 6.92 Å². The highest BCUT2D eigenvalue weighted by molar-refractivity contribution is 6.17. The Kier molecular flexibility index (Phi) is 3.21. The summed E-state index contributed by atoms with van der Waals surface area (Å²) < 4.78 is 39.3. The number of aryl methyl sites for hydroxylation is 1. The molecule has 1 aromatic rings. The summed E-state index contributed by atoms with van der Waals surface area (Å²) >= 11 is 5.46. The minimum absolute atomic E-state index is 0.0469. The second-order valence-electron chi connectivity index (χ2n) is 2.61. The summed E-state index contributed by atoms with van der Waals surface area (Å²) in [7, 11) is 0. The van der Waals surface area contributed by atoms with Gasteiger partial charge in [-0.15, -0.1) is 24.8 Å². The lowest BCUT2D eigenvalue weighted by Gasteiger charge is -2.11. The van der Waals surface area contributed by atoms with Crippen molar-refractivity contribution in [3.05, 3.63) is 23.5 Å². The van der Waals surface area contributed by atoms with E-state index in [1.807, 2.05) is 0 Å². The van der Waals surface area contributed by atoms with Crippen LogP contribution in [0.3, 0.4) is 0 Å². The first kappa shape index (κ1) is 11.1. The average molecular weight is 226 g/mol. The average Bonchev–Trinajstić information content (AvgIpc) is 2.06. The van der Waals surface area contributed by atoms with Gasteiger partial charge in [0, 0.05) is 11.3 Å². The molecule has 0 aromatic carbocycles. The highest BCUT2D eigenvalue weighted by Gasteiger charge is 2.32. The molecule has 78 valence electrons. The van der Waals surface area contributed by atoms with Crippen molar-refractivity contribution in [3.8, 4) is 5.75 Å². The molecule has 1 rings (SSSR count). The van der Waals surface area contributed by atoms with Gasteiger partial charge in [0.2, 0.25) is 0 Å². The van der Waals surface area contributed by atoms with Crippen LogP contribution in [0.25, 0.3) is 0 Å². The highest BCUT2D eigenvalue weighted by atomic mass is 35.5. The number of hydrogen-bond acceptors (Lipinski definition) is 2. The SMILES string of the molecule is Cc1cc(CCl)c(OC(F)(F)F)cn1. The van der Waals surface area contributed by atoms with E-state index < -0.39 is 6.36 Å². The lowest BCUT2D eigenvalue weighted by atomic mass is 10.2. The fourth-order valence-corrected chi connectivity index (χ4v) is 1.13. The van der Waals surface area contributed by atoms with E-state index in [2.05, 4.69) is 9.72 Å². The minimum Gasteiger partial charge on any atom is -0.404 e. The van der Waals surface area contributed by atoms with Gasteiger partial charge >= 0.3 is 6.36 Å². The molecule has 2 nitrogen and oxygen atoms in total. The summed E-state index contributed by atoms with van der Waals surface area (Å²) in [5.41, 5.74) is 0.867. The van der Waals surface area contributed by atoms with Crippen molar-refractivity contribution >= 4 is 11.6 Å². The van der Waals surface area contributed by atoms with Crippen LogP contribution in [0.1, 0.15) is 11.3 Å². The minimum atomic E-state index is -4.71. The third-order valence-electron chi connectivity index (χ3n) is 1.45. The van der Waals surface area contributed by atoms with Crippen LogP contribution in [0, 0.1) is 6.92 Å². The third kappa shape index (κ3) is 3.06. The zero-order valence-corrected chi connectivity index (χ0v) is 7.99. The van der Waals surface area contributed by atoms with Crippen LogP contribution < -0.4 is 4.74 Å². The number of hydrogen-bond donors (Lipinski definition) is 0. The topological polar surface area (TPSA) is 22.1 Å². The second kappa shape index (κ2) is 4.04. The Morgan fingerprint density at radius 3 is 2.64 bits per heavy atom. The van der Waals surface area contributed by atoms with Gasteiger partial charge in [-0.05, 0) is 13.0 Å². The number of aromatic nitrogens is 1. The van der Waals surface area contributed by atoms with Crippen LogP contribution in [-0.2, 0) is 5.88 Å². The van der Waals surface area contributed by atoms with Crippen LogP contribution >= 0.6 is 11.6 Å². The van der Waals surface area contributed by atoms with Gasteiger partial charge in [0.1, 0.15) is 0 Å². The zero-order valence-electron chi connectivity index (χ0n) is 7.23. The van der Waals surface area contributed by atoms with Gasteiger partial charge in [-0.3, -0.25) is 4.98 Å². The van der Waals surface area contributed by atoms with Crippen LogP contribution in [0.4, 0.5) is 13.2 Å². The van der Waals surface area contributed by atoms with E-state index in [-0.39, 0.29) is 17.2 Å². The van der Waals surface area contributed by atoms with Crippen molar-refractivity contribution in [2.24, 2.45) is 0 Å². The molecule has 0 fully saturated rings. The first-order valence-electron chi connectivity index (χ1n) is 3.69. The molecule has 0 bridgehead atoms. The molecule has 0 amide bonds. The van der Waals surface area contributed by atoms with E-state index in [4.69, 9.17) is 11.6 Å². The maximum Gasteiger partial charge on any atom is 0.573 e. The molecule has 0 aliphatic heterocycles. The lowest BCUT2D eigenvalue weighted by molar-refractivity contribution is -0.275. The standard InChI is InChI=1S/C8H7ClF3NO/c1-5-2-6(3-9)7(4-13-5)14-8(10,11)12/h2,4H,3H2,1H3. The predicted octanol–water partition coefficient (Wildman–Crippen LogP) is 3.03. The van der Waals surface area contributed by atoms with Crippen LogP contribution in [0.15, 0.2) is 12.3 Å². The lowest BCUT2D eigenvalue weighted by Crippen LogP contribution is -2.18. The summed E-state index contributed by atoms with van der Waals surface area (Å²) in [6, 6.07) is 1.45. The number of nitrogens with zero attached hydrogens (tertiary/aromatic N) is 1. The molecular weight excluding hydrogens is 219 g/mol. The zero-order chi connectivity index (χ0) is 10.8. The quantitative estimate of drug-likeness (QED) is 0.722. The Bertz CT molecular complexity index is 327. The molecule has 0 saturated carbocycles. The normalized spacial score (nSPS) is 11.5. The number of rotatable bonds is 2. The summed E-state index contributed by atoms with van der Waals surface area (Å²) in [6.07, 6.45) is -3.70. The number of ether oxygens (including phenoxy) is 1. The molecule has 0 saturated heterocycles. The predicted molar refractivity (Wildman–Crippen MR) is 45.2 cm³/mol. The van der Waals surface area contributed by atoms with E-state index in [9.17, 15) is 13.2 Å². The number of pyridine rings is 1. The Hall–Kier alpha value is -0.970. The second-order valence-corrected chi connectivity index (χ2v) is 2.88. The molecule has 0 radical (unpaired) electrons. The smallest absolute Gasteiger partial charge is 0.404 e. The highest BCUT2D eigenvalue weighted by Crippen LogP contribution is 2.26. The van der Waals surface area contributed by atoms with Gasteiger partial charge in [-0.1, -0.05) is 0 Å². The molecule has 0 aliphatic carbocycles. The van der Waals surface area contributed by atoms with Gasteiger partial charge in [0.05, 0.1) is 12.1 Å². The van der Waals surface area contributed by atoms with Crippen molar-refractivity contribution in [1.82, 2.24) is 4.98 Å². The van der Waals surface area contributed by atoms with Crippen molar-refractivity contribution in [3.63, 3.8) is 0 Å². The molecule has 14 heavy (non-hydrogen) atoms. The number of halogens is 4. The summed E-state index contributed by atoms with van der Waals surface area (Å²) in [5, 5.41) is 0. The van der Waals surface area contributed by atoms with Gasteiger partial charge in [0.25, 0.3) is 0 Å². The Morgan fingerprint density at radius 2 is 2.14 bits per heavy atom. The first-order chi connectivity index (χ1) is 6.42. The van der Waals surface area contributed by atoms with Crippen molar-refractivity contribution in [1.29, 1.82) is 0 Å². The van der Waals surface area contributed by atoms with Gasteiger partial charge < -0.3 is 4.74 Å². The monoisotopic (exact) mass is 225 g/mol. The van der Waals surface area contributed by atoms with Gasteiger partial charge in [0.15, 0.2) is 5.75 Å². The largest absolute Gasteiger partial charge is 0.573 e. The van der Waals surface area contributed by atoms with Gasteiger partial charge in [-0.25, -0.2) is 0 Å². The van der Waals surface area contributed by atoms with E-state index in [0.29, 0.717) is 5.69 Å². The molecule has 0 atom stereocenters. The molecule has 6 heteroatoms. The molecule has 1 heterocycles. The molecule has 1 aromatic heterocycles. The molecule has 0 N–H and O–H groups in total. The van der Waals surface area contributed by atoms with E-state index in [0.717, 1.165) is 6.20 Å². The Labute approximate surface area is 83.7 Å². The van der Waals surface area contributed by atoms with Crippen LogP contribution in [-0.4, -0.2) is 11.3 Å². The van der Waals surface area contributed by atoms with Crippen LogP contribution in [0.2, 0.25) is 0 Å².